The molecule has 0 spiro atoms. The van der Waals surface area contributed by atoms with Gasteiger partial charge in [-0.1, -0.05) is 13.0 Å². The highest BCUT2D eigenvalue weighted by molar-refractivity contribution is 7.84. The summed E-state index contributed by atoms with van der Waals surface area (Å²) in [5.74, 6) is 0.239. The third-order valence-corrected chi connectivity index (χ3v) is 4.22. The number of rotatable bonds is 6. The van der Waals surface area contributed by atoms with Crippen LogP contribution in [0.5, 0.6) is 5.75 Å². The number of ether oxygens (including phenoxy) is 1. The zero-order valence-corrected chi connectivity index (χ0v) is 14.8. The maximum Gasteiger partial charge on any atom is 0.419 e. The Balaban J connectivity index is 2.27. The van der Waals surface area contributed by atoms with Gasteiger partial charge in [0.2, 0.25) is 5.16 Å². The van der Waals surface area contributed by atoms with Gasteiger partial charge in [-0.15, -0.1) is 0 Å². The highest BCUT2D eigenvalue weighted by Crippen LogP contribution is 2.36. The number of hydrogen-bond acceptors (Lipinski definition) is 5. The fourth-order valence-electron chi connectivity index (χ4n) is 2.21. The molecule has 0 saturated heterocycles. The maximum absolute atomic E-state index is 13.1. The van der Waals surface area contributed by atoms with Crippen LogP contribution in [0.4, 0.5) is 19.0 Å². The van der Waals surface area contributed by atoms with Gasteiger partial charge in [-0.2, -0.15) is 13.2 Å². The molecule has 1 atom stereocenters. The second kappa shape index (κ2) is 7.81. The Hall–Kier alpha value is -2.16. The van der Waals surface area contributed by atoms with Crippen molar-refractivity contribution in [2.45, 2.75) is 31.2 Å². The Labute approximate surface area is 146 Å². The average Bonchev–Trinajstić information content (AvgIpc) is 2.58. The summed E-state index contributed by atoms with van der Waals surface area (Å²) in [6.07, 6.45) is -0.836. The maximum atomic E-state index is 13.1. The first kappa shape index (κ1) is 19.2. The highest BCUT2D eigenvalue weighted by Gasteiger charge is 2.34. The smallest absolute Gasteiger partial charge is 0.419 e. The van der Waals surface area contributed by atoms with Gasteiger partial charge in [0, 0.05) is 24.6 Å². The normalized spacial score (nSPS) is 12.7. The van der Waals surface area contributed by atoms with Gasteiger partial charge in [0.05, 0.1) is 23.5 Å². The van der Waals surface area contributed by atoms with Crippen molar-refractivity contribution in [2.75, 3.05) is 18.7 Å². The molecule has 5 nitrogen and oxygen atoms in total. The van der Waals surface area contributed by atoms with Gasteiger partial charge >= 0.3 is 6.18 Å². The van der Waals surface area contributed by atoms with E-state index in [0.717, 1.165) is 11.6 Å². The molecule has 1 N–H and O–H groups in total. The molecule has 136 valence electrons. The molecule has 1 aromatic heterocycles. The van der Waals surface area contributed by atoms with Gasteiger partial charge in [0.15, 0.2) is 0 Å². The second-order valence-electron chi connectivity index (χ2n) is 5.22. The number of nitrogens with zero attached hydrogens (tertiary/aromatic N) is 2. The summed E-state index contributed by atoms with van der Waals surface area (Å²) in [7, 11) is -0.147. The summed E-state index contributed by atoms with van der Waals surface area (Å²) in [5, 5.41) is 3.17. The molecule has 0 aliphatic heterocycles. The van der Waals surface area contributed by atoms with Crippen LogP contribution in [-0.2, 0) is 29.9 Å². The standard InChI is InChI=1S/C16H18F3N3O2S/c1-4-11-9-21-15(25(3)23)22-14(11)20-8-10-5-6-13(24-2)12(7-10)16(17,18)19/h5-7,9H,4,8H2,1-3H3,(H,20,21,22). The average molecular weight is 373 g/mol. The first-order valence-corrected chi connectivity index (χ1v) is 8.99. The van der Waals surface area contributed by atoms with Crippen molar-refractivity contribution in [1.29, 1.82) is 0 Å². The number of anilines is 1. The zero-order valence-electron chi connectivity index (χ0n) is 14.0. The Bertz CT molecular complexity index is 782. The molecule has 0 radical (unpaired) electrons. The SMILES string of the molecule is CCc1cnc(S(C)=O)nc1NCc1ccc(OC)c(C(F)(F)F)c1. The number of aromatic nitrogens is 2. The molecule has 2 rings (SSSR count). The predicted molar refractivity (Wildman–Crippen MR) is 89.1 cm³/mol. The van der Waals surface area contributed by atoms with E-state index in [0.29, 0.717) is 17.8 Å². The van der Waals surface area contributed by atoms with Crippen molar-refractivity contribution in [3.05, 3.63) is 41.1 Å². The largest absolute Gasteiger partial charge is 0.496 e. The number of methoxy groups -OCH3 is 1. The summed E-state index contributed by atoms with van der Waals surface area (Å²) in [6.45, 7) is 2.04. The third kappa shape index (κ3) is 4.68. The van der Waals surface area contributed by atoms with Gasteiger partial charge in [-0.05, 0) is 24.1 Å². The number of halogens is 3. The van der Waals surface area contributed by atoms with Crippen LogP contribution < -0.4 is 10.1 Å². The van der Waals surface area contributed by atoms with E-state index in [9.17, 15) is 17.4 Å². The van der Waals surface area contributed by atoms with E-state index in [1.165, 1.54) is 19.4 Å². The first-order chi connectivity index (χ1) is 11.8. The van der Waals surface area contributed by atoms with E-state index in [2.05, 4.69) is 15.3 Å². The number of aryl methyl sites for hydroxylation is 1. The minimum Gasteiger partial charge on any atom is -0.496 e. The molecule has 1 unspecified atom stereocenters. The Morgan fingerprint density at radius 2 is 2.04 bits per heavy atom. The molecule has 1 heterocycles. The quantitative estimate of drug-likeness (QED) is 0.786. The van der Waals surface area contributed by atoms with Gasteiger partial charge in [-0.25, -0.2) is 9.97 Å². The van der Waals surface area contributed by atoms with Crippen molar-refractivity contribution in [3.63, 3.8) is 0 Å². The summed E-state index contributed by atoms with van der Waals surface area (Å²) in [6, 6.07) is 3.87. The van der Waals surface area contributed by atoms with E-state index in [-0.39, 0.29) is 17.5 Å². The summed E-state index contributed by atoms with van der Waals surface area (Å²) >= 11 is 0. The summed E-state index contributed by atoms with van der Waals surface area (Å²) in [5.41, 5.74) is 0.384. The van der Waals surface area contributed by atoms with E-state index < -0.39 is 22.5 Å². The highest BCUT2D eigenvalue weighted by atomic mass is 32.2. The zero-order chi connectivity index (χ0) is 18.6. The number of alkyl halides is 3. The van der Waals surface area contributed by atoms with Crippen LogP contribution in [0.15, 0.2) is 29.6 Å². The molecule has 0 aliphatic carbocycles. The number of hydrogen-bond donors (Lipinski definition) is 1. The van der Waals surface area contributed by atoms with Crippen molar-refractivity contribution >= 4 is 16.6 Å². The van der Waals surface area contributed by atoms with Gasteiger partial charge in [0.25, 0.3) is 0 Å². The molecule has 2 aromatic rings. The van der Waals surface area contributed by atoms with Crippen molar-refractivity contribution in [3.8, 4) is 5.75 Å². The Kier molecular flexibility index (Phi) is 5.99. The predicted octanol–water partition coefficient (Wildman–Crippen LogP) is 3.42. The second-order valence-corrected chi connectivity index (χ2v) is 6.49. The van der Waals surface area contributed by atoms with Gasteiger partial charge in [-0.3, -0.25) is 4.21 Å². The van der Waals surface area contributed by atoms with Crippen molar-refractivity contribution in [2.24, 2.45) is 0 Å². The van der Waals surface area contributed by atoms with E-state index >= 15 is 0 Å². The van der Waals surface area contributed by atoms with Crippen LogP contribution in [0.3, 0.4) is 0 Å². The summed E-state index contributed by atoms with van der Waals surface area (Å²) < 4.78 is 55.5. The molecule has 0 saturated carbocycles. The van der Waals surface area contributed by atoms with E-state index in [1.807, 2.05) is 6.92 Å². The molecule has 0 fully saturated rings. The van der Waals surface area contributed by atoms with Crippen LogP contribution in [-0.4, -0.2) is 27.5 Å². The number of benzene rings is 1. The topological polar surface area (TPSA) is 64.1 Å². The monoisotopic (exact) mass is 373 g/mol. The lowest BCUT2D eigenvalue weighted by atomic mass is 10.1. The molecular weight excluding hydrogens is 355 g/mol. The lowest BCUT2D eigenvalue weighted by molar-refractivity contribution is -0.138. The molecular formula is C16H18F3N3O2S. The minimum atomic E-state index is -4.50. The third-order valence-electron chi connectivity index (χ3n) is 3.51. The Morgan fingerprint density at radius 3 is 2.60 bits per heavy atom. The van der Waals surface area contributed by atoms with Crippen LogP contribution in [0.25, 0.3) is 0 Å². The van der Waals surface area contributed by atoms with E-state index in [4.69, 9.17) is 4.74 Å². The van der Waals surface area contributed by atoms with Crippen LogP contribution >= 0.6 is 0 Å². The molecule has 0 amide bonds. The number of nitrogens with one attached hydrogen (secondary N) is 1. The van der Waals surface area contributed by atoms with Crippen LogP contribution in [0, 0.1) is 0 Å². The lowest BCUT2D eigenvalue weighted by Gasteiger charge is -2.15. The molecule has 0 bridgehead atoms. The van der Waals surface area contributed by atoms with Crippen LogP contribution in [0.2, 0.25) is 0 Å². The van der Waals surface area contributed by atoms with Gasteiger partial charge < -0.3 is 10.1 Å². The molecule has 9 heteroatoms. The lowest BCUT2D eigenvalue weighted by Crippen LogP contribution is -2.11. The van der Waals surface area contributed by atoms with Gasteiger partial charge in [0.1, 0.15) is 11.6 Å². The van der Waals surface area contributed by atoms with Crippen LogP contribution in [0.1, 0.15) is 23.6 Å². The molecule has 0 aliphatic rings. The van der Waals surface area contributed by atoms with Crippen molar-refractivity contribution < 1.29 is 22.1 Å². The van der Waals surface area contributed by atoms with E-state index in [1.54, 1.807) is 12.3 Å². The summed E-state index contributed by atoms with van der Waals surface area (Å²) in [4.78, 5) is 8.21. The Morgan fingerprint density at radius 1 is 1.32 bits per heavy atom. The van der Waals surface area contributed by atoms with Crippen molar-refractivity contribution in [1.82, 2.24) is 9.97 Å². The molecule has 1 aromatic carbocycles. The fourth-order valence-corrected chi connectivity index (χ4v) is 2.63. The molecule has 25 heavy (non-hydrogen) atoms. The fraction of sp³-hybridized carbons (Fsp3) is 0.375. The minimum absolute atomic E-state index is 0.132. The first-order valence-electron chi connectivity index (χ1n) is 7.43.